The van der Waals surface area contributed by atoms with Gasteiger partial charge in [0.15, 0.2) is 16.1 Å². The van der Waals surface area contributed by atoms with E-state index in [1.165, 1.54) is 11.8 Å². The molecule has 0 spiro atoms. The average molecular weight is 472 g/mol. The molecule has 3 aromatic rings. The molecule has 2 heterocycles. The number of carboxylic acid groups (broad SMARTS) is 1. The van der Waals surface area contributed by atoms with Crippen molar-refractivity contribution >= 4 is 51.7 Å². The monoisotopic (exact) mass is 471 g/mol. The Morgan fingerprint density at radius 1 is 1.19 bits per heavy atom. The molecule has 0 atom stereocenters. The average Bonchev–Trinajstić information content (AvgIpc) is 3.51. The van der Waals surface area contributed by atoms with Crippen molar-refractivity contribution in [1.82, 2.24) is 15.0 Å². The van der Waals surface area contributed by atoms with Gasteiger partial charge in [0.05, 0.1) is 22.0 Å². The molecule has 32 heavy (non-hydrogen) atoms. The predicted molar refractivity (Wildman–Crippen MR) is 122 cm³/mol. The van der Waals surface area contributed by atoms with Crippen molar-refractivity contribution in [3.8, 4) is 0 Å². The van der Waals surface area contributed by atoms with E-state index < -0.39 is 12.0 Å². The molecule has 1 aliphatic rings. The summed E-state index contributed by atoms with van der Waals surface area (Å²) in [5.74, 6) is -0.972. The third-order valence-corrected chi connectivity index (χ3v) is 7.18. The fraction of sp³-hybridized carbons (Fsp3) is 0.286. The number of Topliss-reactive ketones (excluding diaryl/α,β-unsaturated/α-hetero) is 1. The molecule has 0 unspecified atom stereocenters. The summed E-state index contributed by atoms with van der Waals surface area (Å²) >= 11 is 2.40. The minimum Gasteiger partial charge on any atom is -0.481 e. The summed E-state index contributed by atoms with van der Waals surface area (Å²) in [6, 6.07) is 6.40. The number of nitrogens with one attached hydrogen (secondary N) is 3. The van der Waals surface area contributed by atoms with Crippen LogP contribution in [0, 0.1) is 5.92 Å². The lowest BCUT2D eigenvalue weighted by molar-refractivity contribution is -0.136. The highest BCUT2D eigenvalue weighted by atomic mass is 32.2. The number of carbonyl (C=O) groups excluding carboxylic acids is 2. The number of carbonyl (C=O) groups is 3. The van der Waals surface area contributed by atoms with Crippen LogP contribution in [0.2, 0.25) is 0 Å². The quantitative estimate of drug-likeness (QED) is 0.351. The van der Waals surface area contributed by atoms with E-state index in [0.717, 1.165) is 37.0 Å². The van der Waals surface area contributed by atoms with Crippen molar-refractivity contribution in [3.05, 3.63) is 47.9 Å². The number of benzene rings is 1. The number of imidazole rings is 1. The third-order valence-electron chi connectivity index (χ3n) is 5.03. The Kier molecular flexibility index (Phi) is 6.86. The number of urea groups is 1. The maximum Gasteiger partial charge on any atom is 0.325 e. The minimum atomic E-state index is -1.02. The smallest absolute Gasteiger partial charge is 0.325 e. The number of anilines is 2. The van der Waals surface area contributed by atoms with Gasteiger partial charge in [-0.15, -0.1) is 0 Å². The Balaban J connectivity index is 1.48. The van der Waals surface area contributed by atoms with Gasteiger partial charge in [0.2, 0.25) is 0 Å². The summed E-state index contributed by atoms with van der Waals surface area (Å²) in [4.78, 5) is 48.0. The summed E-state index contributed by atoms with van der Waals surface area (Å²) in [6.45, 7) is 0. The number of aromatic nitrogens is 3. The lowest BCUT2D eigenvalue weighted by Gasteiger charge is -2.13. The van der Waals surface area contributed by atoms with Crippen LogP contribution in [0.5, 0.6) is 0 Å². The highest BCUT2D eigenvalue weighted by molar-refractivity contribution is 8.01. The molecule has 2 aromatic heterocycles. The molecule has 0 radical (unpaired) electrons. The summed E-state index contributed by atoms with van der Waals surface area (Å²) in [5, 5.41) is 15.4. The van der Waals surface area contributed by atoms with Gasteiger partial charge < -0.3 is 15.4 Å². The molecule has 11 heteroatoms. The van der Waals surface area contributed by atoms with Crippen LogP contribution in [-0.2, 0) is 11.2 Å². The molecule has 1 aromatic carbocycles. The van der Waals surface area contributed by atoms with E-state index in [0.29, 0.717) is 26.3 Å². The highest BCUT2D eigenvalue weighted by Crippen LogP contribution is 2.36. The van der Waals surface area contributed by atoms with Gasteiger partial charge in [-0.3, -0.25) is 14.9 Å². The van der Waals surface area contributed by atoms with E-state index in [4.69, 9.17) is 0 Å². The van der Waals surface area contributed by atoms with Gasteiger partial charge in [0.25, 0.3) is 0 Å². The molecule has 4 rings (SSSR count). The molecular weight excluding hydrogens is 450 g/mol. The standard InChI is InChI=1S/C21H21N5O4S2/c27-16(28)11-15-18(31-20-22-9-10-23-20)32-21(25-15)26-19(30)24-14-8-4-3-7-13(14)17(29)12-5-1-2-6-12/h3-4,7-10,12H,1-2,5-6,11H2,(H,22,23)(H,27,28)(H2,24,25,26,30). The van der Waals surface area contributed by atoms with E-state index in [-0.39, 0.29) is 23.3 Å². The number of amides is 2. The van der Waals surface area contributed by atoms with Gasteiger partial charge in [-0.1, -0.05) is 36.3 Å². The van der Waals surface area contributed by atoms with Crippen molar-refractivity contribution in [3.63, 3.8) is 0 Å². The number of nitrogens with zero attached hydrogens (tertiary/aromatic N) is 2. The Bertz CT molecular complexity index is 1120. The topological polar surface area (TPSA) is 137 Å². The number of thiazole rings is 1. The normalized spacial score (nSPS) is 13.8. The molecule has 1 aliphatic carbocycles. The van der Waals surface area contributed by atoms with Crippen molar-refractivity contribution in [2.75, 3.05) is 10.6 Å². The van der Waals surface area contributed by atoms with Crippen LogP contribution in [0.3, 0.4) is 0 Å². The first-order valence-corrected chi connectivity index (χ1v) is 11.7. The molecular formula is C21H21N5O4S2. The van der Waals surface area contributed by atoms with Gasteiger partial charge in [-0.25, -0.2) is 14.8 Å². The number of hydrogen-bond donors (Lipinski definition) is 4. The van der Waals surface area contributed by atoms with Gasteiger partial charge in [-0.2, -0.15) is 0 Å². The van der Waals surface area contributed by atoms with Crippen LogP contribution in [0.4, 0.5) is 15.6 Å². The molecule has 0 saturated heterocycles. The number of para-hydroxylation sites is 1. The third kappa shape index (κ3) is 5.35. The van der Waals surface area contributed by atoms with E-state index in [1.807, 2.05) is 0 Å². The van der Waals surface area contributed by atoms with Gasteiger partial charge in [-0.05, 0) is 36.7 Å². The lowest BCUT2D eigenvalue weighted by Crippen LogP contribution is -2.22. The summed E-state index contributed by atoms with van der Waals surface area (Å²) in [5.41, 5.74) is 1.28. The van der Waals surface area contributed by atoms with Crippen LogP contribution in [-0.4, -0.2) is 37.8 Å². The Morgan fingerprint density at radius 2 is 1.97 bits per heavy atom. The van der Waals surface area contributed by atoms with E-state index >= 15 is 0 Å². The molecule has 4 N–H and O–H groups in total. The van der Waals surface area contributed by atoms with Gasteiger partial charge in [0, 0.05) is 23.9 Å². The van der Waals surface area contributed by atoms with E-state index in [9.17, 15) is 19.5 Å². The lowest BCUT2D eigenvalue weighted by atomic mass is 9.95. The largest absolute Gasteiger partial charge is 0.481 e. The van der Waals surface area contributed by atoms with Crippen LogP contribution < -0.4 is 10.6 Å². The van der Waals surface area contributed by atoms with Gasteiger partial charge >= 0.3 is 12.0 Å². The maximum absolute atomic E-state index is 12.9. The summed E-state index contributed by atoms with van der Waals surface area (Å²) < 4.78 is 0.620. The number of hydrogen-bond acceptors (Lipinski definition) is 7. The molecule has 1 fully saturated rings. The van der Waals surface area contributed by atoms with Crippen LogP contribution in [0.1, 0.15) is 41.7 Å². The Morgan fingerprint density at radius 3 is 2.69 bits per heavy atom. The first-order valence-electron chi connectivity index (χ1n) is 10.1. The number of aliphatic carboxylic acids is 1. The second-order valence-electron chi connectivity index (χ2n) is 7.29. The zero-order valence-electron chi connectivity index (χ0n) is 17.0. The predicted octanol–water partition coefficient (Wildman–Crippen LogP) is 4.66. The van der Waals surface area contributed by atoms with Crippen LogP contribution >= 0.6 is 23.1 Å². The van der Waals surface area contributed by atoms with Crippen molar-refractivity contribution in [2.45, 2.75) is 41.5 Å². The van der Waals surface area contributed by atoms with Crippen molar-refractivity contribution < 1.29 is 19.5 Å². The minimum absolute atomic E-state index is 0.000246. The number of rotatable bonds is 8. The van der Waals surface area contributed by atoms with E-state index in [1.54, 1.807) is 36.7 Å². The Labute approximate surface area is 192 Å². The van der Waals surface area contributed by atoms with Crippen molar-refractivity contribution in [1.29, 1.82) is 0 Å². The highest BCUT2D eigenvalue weighted by Gasteiger charge is 2.26. The molecule has 0 aliphatic heterocycles. The zero-order valence-corrected chi connectivity index (χ0v) is 18.6. The molecule has 2 amide bonds. The number of carboxylic acids is 1. The number of aromatic amines is 1. The van der Waals surface area contributed by atoms with Crippen molar-refractivity contribution in [2.24, 2.45) is 5.92 Å². The second-order valence-corrected chi connectivity index (χ2v) is 9.55. The first-order chi connectivity index (χ1) is 15.5. The fourth-order valence-corrected chi connectivity index (χ4v) is 5.59. The number of ketones is 1. The first kappa shape index (κ1) is 22.0. The summed E-state index contributed by atoms with van der Waals surface area (Å²) in [6.07, 6.45) is 6.83. The molecule has 1 saturated carbocycles. The molecule has 0 bridgehead atoms. The fourth-order valence-electron chi connectivity index (χ4n) is 3.59. The molecule has 9 nitrogen and oxygen atoms in total. The number of H-pyrrole nitrogens is 1. The van der Waals surface area contributed by atoms with Crippen LogP contribution in [0.25, 0.3) is 0 Å². The second kappa shape index (κ2) is 9.96. The zero-order chi connectivity index (χ0) is 22.5. The summed E-state index contributed by atoms with van der Waals surface area (Å²) in [7, 11) is 0. The Hall–Kier alpha value is -3.18. The van der Waals surface area contributed by atoms with E-state index in [2.05, 4.69) is 25.6 Å². The van der Waals surface area contributed by atoms with Crippen LogP contribution in [0.15, 0.2) is 46.0 Å². The SMILES string of the molecule is O=C(O)Cc1nc(NC(=O)Nc2ccccc2C(=O)C2CCCC2)sc1Sc1ncc[nH]1. The maximum atomic E-state index is 12.9. The van der Waals surface area contributed by atoms with Gasteiger partial charge in [0.1, 0.15) is 0 Å². The molecule has 166 valence electrons.